The van der Waals surface area contributed by atoms with Crippen LogP contribution in [-0.4, -0.2) is 23.5 Å². The first kappa shape index (κ1) is 14.7. The highest BCUT2D eigenvalue weighted by Gasteiger charge is 2.60. The molecule has 0 saturated heterocycles. The van der Waals surface area contributed by atoms with Crippen molar-refractivity contribution in [2.75, 3.05) is 6.54 Å². The zero-order valence-corrected chi connectivity index (χ0v) is 11.6. The first-order valence-electron chi connectivity index (χ1n) is 6.41. The lowest BCUT2D eigenvalue weighted by Crippen LogP contribution is -2.28. The van der Waals surface area contributed by atoms with E-state index in [0.29, 0.717) is 18.9 Å². The Labute approximate surface area is 108 Å². The summed E-state index contributed by atoms with van der Waals surface area (Å²) in [5.74, 6) is -0.439. The summed E-state index contributed by atoms with van der Waals surface area (Å²) in [5.41, 5.74) is 1.25. The van der Waals surface area contributed by atoms with Gasteiger partial charge in [0.05, 0.1) is 5.92 Å². The predicted octanol–water partition coefficient (Wildman–Crippen LogP) is 2.21. The summed E-state index contributed by atoms with van der Waals surface area (Å²) in [6.07, 6.45) is 2.74. The second-order valence-electron chi connectivity index (χ2n) is 5.86. The average molecular weight is 253 g/mol. The number of rotatable bonds is 6. The van der Waals surface area contributed by atoms with Crippen LogP contribution in [-0.2, 0) is 9.59 Å². The number of carbonyl (C=O) groups is 2. The molecule has 0 aromatic carbocycles. The van der Waals surface area contributed by atoms with Crippen molar-refractivity contribution in [3.63, 3.8) is 0 Å². The van der Waals surface area contributed by atoms with E-state index in [1.54, 1.807) is 0 Å². The smallest absolute Gasteiger partial charge is 0.303 e. The number of hydrogen-bond donors (Lipinski definition) is 2. The number of aliphatic carboxylic acids is 1. The standard InChI is InChI=1S/C14H23NO3/c1-9(2)8-10-12(14(10,3)4)13(18)15-7-5-6-11(16)17/h8,10,12H,5-7H2,1-4H3,(H,15,18)(H,16,17)/t10-,12-/m1/s1. The summed E-state index contributed by atoms with van der Waals surface area (Å²) in [7, 11) is 0. The second kappa shape index (κ2) is 5.55. The van der Waals surface area contributed by atoms with Crippen molar-refractivity contribution < 1.29 is 14.7 Å². The van der Waals surface area contributed by atoms with Crippen LogP contribution in [0.2, 0.25) is 0 Å². The fourth-order valence-corrected chi connectivity index (χ4v) is 2.41. The fraction of sp³-hybridized carbons (Fsp3) is 0.714. The van der Waals surface area contributed by atoms with Gasteiger partial charge in [0, 0.05) is 13.0 Å². The highest BCUT2D eigenvalue weighted by molar-refractivity contribution is 5.83. The highest BCUT2D eigenvalue weighted by atomic mass is 16.4. The van der Waals surface area contributed by atoms with E-state index >= 15 is 0 Å². The highest BCUT2D eigenvalue weighted by Crippen LogP contribution is 2.59. The maximum absolute atomic E-state index is 12.0. The Morgan fingerprint density at radius 2 is 1.94 bits per heavy atom. The van der Waals surface area contributed by atoms with Gasteiger partial charge in [0.2, 0.25) is 5.91 Å². The first-order chi connectivity index (χ1) is 8.26. The van der Waals surface area contributed by atoms with E-state index in [4.69, 9.17) is 5.11 Å². The van der Waals surface area contributed by atoms with Crippen molar-refractivity contribution in [1.29, 1.82) is 0 Å². The third-order valence-electron chi connectivity index (χ3n) is 3.57. The Balaban J connectivity index is 2.39. The minimum absolute atomic E-state index is 0.0220. The molecule has 102 valence electrons. The van der Waals surface area contributed by atoms with Gasteiger partial charge < -0.3 is 10.4 Å². The fourth-order valence-electron chi connectivity index (χ4n) is 2.41. The minimum Gasteiger partial charge on any atom is -0.481 e. The molecule has 1 aliphatic rings. The molecule has 4 heteroatoms. The van der Waals surface area contributed by atoms with Gasteiger partial charge in [0.15, 0.2) is 0 Å². The monoisotopic (exact) mass is 253 g/mol. The largest absolute Gasteiger partial charge is 0.481 e. The molecule has 0 spiro atoms. The summed E-state index contributed by atoms with van der Waals surface area (Å²) < 4.78 is 0. The summed E-state index contributed by atoms with van der Waals surface area (Å²) >= 11 is 0. The molecule has 4 nitrogen and oxygen atoms in total. The molecule has 0 aromatic heterocycles. The van der Waals surface area contributed by atoms with Crippen molar-refractivity contribution in [1.82, 2.24) is 5.32 Å². The zero-order valence-electron chi connectivity index (χ0n) is 11.6. The number of hydrogen-bond acceptors (Lipinski definition) is 2. The van der Waals surface area contributed by atoms with E-state index in [0.717, 1.165) is 0 Å². The van der Waals surface area contributed by atoms with Gasteiger partial charge in [-0.2, -0.15) is 0 Å². The second-order valence-corrected chi connectivity index (χ2v) is 5.86. The Kier molecular flexibility index (Phi) is 4.54. The number of nitrogens with one attached hydrogen (secondary N) is 1. The molecule has 0 unspecified atom stereocenters. The van der Waals surface area contributed by atoms with Crippen molar-refractivity contribution in [2.45, 2.75) is 40.5 Å². The van der Waals surface area contributed by atoms with Gasteiger partial charge in [-0.1, -0.05) is 25.5 Å². The van der Waals surface area contributed by atoms with E-state index in [2.05, 4.69) is 25.2 Å². The van der Waals surface area contributed by atoms with Crippen LogP contribution in [0.15, 0.2) is 11.6 Å². The number of allylic oxidation sites excluding steroid dienone is 2. The normalized spacial score (nSPS) is 24.2. The van der Waals surface area contributed by atoms with E-state index in [1.807, 2.05) is 13.8 Å². The maximum atomic E-state index is 12.0. The molecule has 0 aromatic rings. The molecule has 2 atom stereocenters. The Hall–Kier alpha value is -1.32. The third-order valence-corrected chi connectivity index (χ3v) is 3.57. The lowest BCUT2D eigenvalue weighted by atomic mass is 10.1. The molecule has 0 aliphatic heterocycles. The number of carbonyl (C=O) groups excluding carboxylic acids is 1. The minimum atomic E-state index is -0.821. The van der Waals surface area contributed by atoms with Gasteiger partial charge in [-0.15, -0.1) is 0 Å². The van der Waals surface area contributed by atoms with Gasteiger partial charge in [0.25, 0.3) is 0 Å². The maximum Gasteiger partial charge on any atom is 0.303 e. The molecule has 1 saturated carbocycles. The Morgan fingerprint density at radius 1 is 1.33 bits per heavy atom. The van der Waals surface area contributed by atoms with Crippen LogP contribution in [0, 0.1) is 17.3 Å². The molecule has 1 rings (SSSR count). The number of amides is 1. The third kappa shape index (κ3) is 3.59. The van der Waals surface area contributed by atoms with Crippen LogP contribution in [0.25, 0.3) is 0 Å². The summed E-state index contributed by atoms with van der Waals surface area (Å²) in [6, 6.07) is 0. The van der Waals surface area contributed by atoms with E-state index in [-0.39, 0.29) is 23.7 Å². The van der Waals surface area contributed by atoms with Gasteiger partial charge in [-0.3, -0.25) is 9.59 Å². The van der Waals surface area contributed by atoms with E-state index in [9.17, 15) is 9.59 Å². The van der Waals surface area contributed by atoms with E-state index in [1.165, 1.54) is 5.57 Å². The van der Waals surface area contributed by atoms with Crippen LogP contribution in [0.1, 0.15) is 40.5 Å². The van der Waals surface area contributed by atoms with Crippen molar-refractivity contribution in [3.8, 4) is 0 Å². The molecule has 0 bridgehead atoms. The molecular formula is C14H23NO3. The molecular weight excluding hydrogens is 230 g/mol. The van der Waals surface area contributed by atoms with Gasteiger partial charge in [-0.25, -0.2) is 0 Å². The van der Waals surface area contributed by atoms with Crippen LogP contribution < -0.4 is 5.32 Å². The lowest BCUT2D eigenvalue weighted by molar-refractivity contribution is -0.137. The summed E-state index contributed by atoms with van der Waals surface area (Å²) in [5, 5.41) is 11.3. The average Bonchev–Trinajstić information content (AvgIpc) is 2.74. The summed E-state index contributed by atoms with van der Waals surface area (Å²) in [4.78, 5) is 22.3. The topological polar surface area (TPSA) is 66.4 Å². The van der Waals surface area contributed by atoms with Crippen molar-refractivity contribution in [2.24, 2.45) is 17.3 Å². The van der Waals surface area contributed by atoms with Gasteiger partial charge >= 0.3 is 5.97 Å². The lowest BCUT2D eigenvalue weighted by Gasteiger charge is -2.04. The zero-order chi connectivity index (χ0) is 13.9. The van der Waals surface area contributed by atoms with Crippen LogP contribution in [0.5, 0.6) is 0 Å². The van der Waals surface area contributed by atoms with Crippen LogP contribution in [0.4, 0.5) is 0 Å². The molecule has 2 N–H and O–H groups in total. The van der Waals surface area contributed by atoms with Gasteiger partial charge in [-0.05, 0) is 31.6 Å². The van der Waals surface area contributed by atoms with Crippen LogP contribution >= 0.6 is 0 Å². The van der Waals surface area contributed by atoms with Crippen molar-refractivity contribution in [3.05, 3.63) is 11.6 Å². The molecule has 0 radical (unpaired) electrons. The van der Waals surface area contributed by atoms with Crippen LogP contribution in [0.3, 0.4) is 0 Å². The number of carboxylic acid groups (broad SMARTS) is 1. The summed E-state index contributed by atoms with van der Waals surface area (Å²) in [6.45, 7) is 8.71. The SMILES string of the molecule is CC(C)=C[C@@H]1[C@H](C(=O)NCCCC(=O)O)C1(C)C. The molecule has 1 aliphatic carbocycles. The predicted molar refractivity (Wildman–Crippen MR) is 70.1 cm³/mol. The van der Waals surface area contributed by atoms with E-state index < -0.39 is 5.97 Å². The number of carboxylic acids is 1. The van der Waals surface area contributed by atoms with Gasteiger partial charge in [0.1, 0.15) is 0 Å². The molecule has 1 amide bonds. The molecule has 0 heterocycles. The quantitative estimate of drug-likeness (QED) is 0.563. The molecule has 18 heavy (non-hydrogen) atoms. The first-order valence-corrected chi connectivity index (χ1v) is 6.41. The Bertz CT molecular complexity index is 367. The van der Waals surface area contributed by atoms with Crippen molar-refractivity contribution >= 4 is 11.9 Å². The Morgan fingerprint density at radius 3 is 2.44 bits per heavy atom. The molecule has 1 fully saturated rings.